The topological polar surface area (TPSA) is 82.3 Å². The molecule has 2 N–H and O–H groups in total. The molecule has 0 aliphatic carbocycles. The maximum atomic E-state index is 12.0. The normalized spacial score (nSPS) is 21.7. The van der Waals surface area contributed by atoms with E-state index in [1.165, 1.54) is 12.3 Å². The van der Waals surface area contributed by atoms with Crippen molar-refractivity contribution in [2.24, 2.45) is 0 Å². The maximum absolute atomic E-state index is 12.0. The number of rotatable bonds is 2. The Morgan fingerprint density at radius 3 is 2.93 bits per heavy atom. The molecule has 0 bridgehead atoms. The third-order valence-electron chi connectivity index (χ3n) is 2.40. The van der Waals surface area contributed by atoms with Crippen LogP contribution >= 0.6 is 0 Å². The minimum Gasteiger partial charge on any atom is -0.396 e. The molecule has 0 saturated carbocycles. The number of pyridine rings is 1. The summed E-state index contributed by atoms with van der Waals surface area (Å²) in [4.78, 5) is 3.83. The van der Waals surface area contributed by atoms with Gasteiger partial charge in [-0.05, 0) is 18.6 Å². The van der Waals surface area contributed by atoms with Crippen molar-refractivity contribution in [3.63, 3.8) is 0 Å². The molecule has 0 radical (unpaired) electrons. The minimum absolute atomic E-state index is 0.0273. The number of hydrogen-bond acceptors (Lipinski definition) is 5. The lowest BCUT2D eigenvalue weighted by molar-refractivity contribution is 0.198. The first kappa shape index (κ1) is 10.4. The average molecular weight is 228 g/mol. The quantitative estimate of drug-likeness (QED) is 0.783. The van der Waals surface area contributed by atoms with Crippen LogP contribution in [0.2, 0.25) is 0 Å². The van der Waals surface area contributed by atoms with Crippen LogP contribution in [0.4, 0.5) is 5.69 Å². The zero-order valence-electron chi connectivity index (χ0n) is 8.09. The van der Waals surface area contributed by atoms with Gasteiger partial charge in [0, 0.05) is 12.8 Å². The SMILES string of the molecule is Nc1cccnc1S(=O)(=O)C1CCOC1. The van der Waals surface area contributed by atoms with E-state index in [-0.39, 0.29) is 17.3 Å². The van der Waals surface area contributed by atoms with Gasteiger partial charge in [0.2, 0.25) is 9.84 Å². The second-order valence-corrected chi connectivity index (χ2v) is 5.57. The van der Waals surface area contributed by atoms with Crippen LogP contribution in [-0.4, -0.2) is 31.9 Å². The molecule has 1 unspecified atom stereocenters. The Morgan fingerprint density at radius 1 is 1.53 bits per heavy atom. The Bertz CT molecular complexity index is 452. The standard InChI is InChI=1S/C9H12N2O3S/c10-8-2-1-4-11-9(8)15(12,13)7-3-5-14-6-7/h1-2,4,7H,3,5-6,10H2. The second-order valence-electron chi connectivity index (χ2n) is 3.43. The third kappa shape index (κ3) is 1.82. The Labute approximate surface area is 88.2 Å². The van der Waals surface area contributed by atoms with Gasteiger partial charge in [0.25, 0.3) is 0 Å². The molecule has 1 fully saturated rings. The molecule has 0 spiro atoms. The fraction of sp³-hybridized carbons (Fsp3) is 0.444. The number of ether oxygens (including phenoxy) is 1. The highest BCUT2D eigenvalue weighted by atomic mass is 32.2. The van der Waals surface area contributed by atoms with Gasteiger partial charge in [0.05, 0.1) is 17.5 Å². The van der Waals surface area contributed by atoms with Crippen LogP contribution in [0.15, 0.2) is 23.4 Å². The van der Waals surface area contributed by atoms with Crippen molar-refractivity contribution in [1.29, 1.82) is 0 Å². The number of aromatic nitrogens is 1. The van der Waals surface area contributed by atoms with Crippen molar-refractivity contribution < 1.29 is 13.2 Å². The molecule has 6 heteroatoms. The molecular weight excluding hydrogens is 216 g/mol. The zero-order valence-corrected chi connectivity index (χ0v) is 8.90. The molecule has 1 aromatic rings. The van der Waals surface area contributed by atoms with Gasteiger partial charge in [0.15, 0.2) is 5.03 Å². The molecule has 1 atom stereocenters. The summed E-state index contributed by atoms with van der Waals surface area (Å²) in [5, 5.41) is -0.532. The maximum Gasteiger partial charge on any atom is 0.202 e. The number of nitrogens with two attached hydrogens (primary N) is 1. The van der Waals surface area contributed by atoms with Gasteiger partial charge in [-0.3, -0.25) is 0 Å². The molecule has 5 nitrogen and oxygen atoms in total. The van der Waals surface area contributed by atoms with Gasteiger partial charge in [-0.1, -0.05) is 0 Å². The molecule has 82 valence electrons. The van der Waals surface area contributed by atoms with E-state index in [4.69, 9.17) is 10.5 Å². The molecule has 0 amide bonds. The van der Waals surface area contributed by atoms with E-state index in [1.807, 2.05) is 0 Å². The smallest absolute Gasteiger partial charge is 0.202 e. The van der Waals surface area contributed by atoms with E-state index < -0.39 is 15.1 Å². The van der Waals surface area contributed by atoms with Crippen molar-refractivity contribution in [2.75, 3.05) is 18.9 Å². The Morgan fingerprint density at radius 2 is 2.33 bits per heavy atom. The summed E-state index contributed by atoms with van der Waals surface area (Å²) >= 11 is 0. The third-order valence-corrected chi connectivity index (χ3v) is 4.53. The molecule has 2 heterocycles. The Kier molecular flexibility index (Phi) is 2.62. The zero-order chi connectivity index (χ0) is 10.9. The van der Waals surface area contributed by atoms with E-state index in [9.17, 15) is 8.42 Å². The summed E-state index contributed by atoms with van der Waals surface area (Å²) in [6.07, 6.45) is 1.94. The summed E-state index contributed by atoms with van der Waals surface area (Å²) in [7, 11) is -3.43. The lowest BCUT2D eigenvalue weighted by atomic mass is 10.4. The van der Waals surface area contributed by atoms with Crippen molar-refractivity contribution in [3.8, 4) is 0 Å². The first-order valence-electron chi connectivity index (χ1n) is 4.64. The van der Waals surface area contributed by atoms with Crippen LogP contribution in [0.5, 0.6) is 0 Å². The van der Waals surface area contributed by atoms with Crippen LogP contribution in [0.3, 0.4) is 0 Å². The van der Waals surface area contributed by atoms with Crippen LogP contribution in [0.25, 0.3) is 0 Å². The number of nitrogen functional groups attached to an aromatic ring is 1. The van der Waals surface area contributed by atoms with Gasteiger partial charge < -0.3 is 10.5 Å². The van der Waals surface area contributed by atoms with Crippen LogP contribution < -0.4 is 5.73 Å². The van der Waals surface area contributed by atoms with Crippen molar-refractivity contribution in [2.45, 2.75) is 16.7 Å². The fourth-order valence-corrected chi connectivity index (χ4v) is 3.16. The monoisotopic (exact) mass is 228 g/mol. The van der Waals surface area contributed by atoms with E-state index in [0.29, 0.717) is 13.0 Å². The van der Waals surface area contributed by atoms with Crippen molar-refractivity contribution in [3.05, 3.63) is 18.3 Å². The van der Waals surface area contributed by atoms with Gasteiger partial charge in [-0.25, -0.2) is 13.4 Å². The molecule has 15 heavy (non-hydrogen) atoms. The van der Waals surface area contributed by atoms with E-state index in [0.717, 1.165) is 0 Å². The number of anilines is 1. The van der Waals surface area contributed by atoms with Gasteiger partial charge in [-0.2, -0.15) is 0 Å². The Hall–Kier alpha value is -1.14. The Balaban J connectivity index is 2.41. The van der Waals surface area contributed by atoms with Crippen molar-refractivity contribution in [1.82, 2.24) is 4.98 Å². The summed E-state index contributed by atoms with van der Waals surface area (Å²) in [6.45, 7) is 0.717. The van der Waals surface area contributed by atoms with Crippen LogP contribution in [0, 0.1) is 0 Å². The van der Waals surface area contributed by atoms with Crippen molar-refractivity contribution >= 4 is 15.5 Å². The molecule has 2 rings (SSSR count). The van der Waals surface area contributed by atoms with Gasteiger partial charge >= 0.3 is 0 Å². The largest absolute Gasteiger partial charge is 0.396 e. The summed E-state index contributed by atoms with van der Waals surface area (Å²) in [5.74, 6) is 0. The number of hydrogen-bond donors (Lipinski definition) is 1. The highest BCUT2D eigenvalue weighted by molar-refractivity contribution is 7.92. The lowest BCUT2D eigenvalue weighted by Gasteiger charge is -2.10. The lowest BCUT2D eigenvalue weighted by Crippen LogP contribution is -2.23. The second kappa shape index (κ2) is 3.79. The molecule has 1 aliphatic rings. The molecular formula is C9H12N2O3S. The van der Waals surface area contributed by atoms with Gasteiger partial charge in [-0.15, -0.1) is 0 Å². The van der Waals surface area contributed by atoms with Crippen LogP contribution in [-0.2, 0) is 14.6 Å². The highest BCUT2D eigenvalue weighted by Gasteiger charge is 2.33. The van der Waals surface area contributed by atoms with Gasteiger partial charge in [0.1, 0.15) is 0 Å². The first-order valence-corrected chi connectivity index (χ1v) is 6.19. The molecule has 1 saturated heterocycles. The summed E-state index contributed by atoms with van der Waals surface area (Å²) < 4.78 is 29.1. The predicted octanol–water partition coefficient (Wildman–Crippen LogP) is 0.226. The van der Waals surface area contributed by atoms with Crippen LogP contribution in [0.1, 0.15) is 6.42 Å². The number of nitrogens with zero attached hydrogens (tertiary/aromatic N) is 1. The molecule has 1 aromatic heterocycles. The number of sulfone groups is 1. The van der Waals surface area contributed by atoms with E-state index in [1.54, 1.807) is 6.07 Å². The van der Waals surface area contributed by atoms with E-state index >= 15 is 0 Å². The molecule has 1 aliphatic heterocycles. The fourth-order valence-electron chi connectivity index (χ4n) is 1.56. The minimum atomic E-state index is -3.43. The first-order chi connectivity index (χ1) is 7.12. The summed E-state index contributed by atoms with van der Waals surface area (Å²) in [5.41, 5.74) is 5.79. The predicted molar refractivity (Wildman–Crippen MR) is 55.1 cm³/mol. The highest BCUT2D eigenvalue weighted by Crippen LogP contribution is 2.24. The molecule has 0 aromatic carbocycles. The average Bonchev–Trinajstić information content (AvgIpc) is 2.71. The van der Waals surface area contributed by atoms with E-state index in [2.05, 4.69) is 4.98 Å². The summed E-state index contributed by atoms with van der Waals surface area (Å²) in [6, 6.07) is 3.15.